The van der Waals surface area contributed by atoms with Gasteiger partial charge in [0.15, 0.2) is 5.78 Å². The molecule has 0 saturated heterocycles. The van der Waals surface area contributed by atoms with E-state index >= 15 is 0 Å². The van der Waals surface area contributed by atoms with E-state index in [1.165, 1.54) is 6.92 Å². The Morgan fingerprint density at radius 2 is 1.38 bits per heavy atom. The molecule has 2 aromatic carbocycles. The van der Waals surface area contributed by atoms with Crippen LogP contribution >= 0.6 is 0 Å². The summed E-state index contributed by atoms with van der Waals surface area (Å²) in [6.07, 6.45) is -8.79. The number of hydrogen-bond donors (Lipinski definition) is 1. The van der Waals surface area contributed by atoms with E-state index in [1.807, 2.05) is 0 Å². The topological polar surface area (TPSA) is 29.1 Å². The molecule has 1 N–H and O–H groups in total. The zero-order valence-corrected chi connectivity index (χ0v) is 13.4. The van der Waals surface area contributed by atoms with Gasteiger partial charge >= 0.3 is 12.4 Å². The minimum Gasteiger partial charge on any atom is -0.361 e. The van der Waals surface area contributed by atoms with Gasteiger partial charge in [0, 0.05) is 17.5 Å². The lowest BCUT2D eigenvalue weighted by Gasteiger charge is -2.14. The van der Waals surface area contributed by atoms with Crippen LogP contribution < -0.4 is 5.32 Å². The summed E-state index contributed by atoms with van der Waals surface area (Å²) in [5.74, 6) is -0.397. The second-order valence-electron chi connectivity index (χ2n) is 5.42. The van der Waals surface area contributed by atoms with Crippen molar-refractivity contribution < 1.29 is 31.1 Å². The van der Waals surface area contributed by atoms with Crippen LogP contribution in [0, 0.1) is 0 Å². The molecule has 0 atom stereocenters. The van der Waals surface area contributed by atoms with Crippen LogP contribution in [0.15, 0.2) is 54.7 Å². The Balaban J connectivity index is 2.46. The Morgan fingerprint density at radius 3 is 1.81 bits per heavy atom. The molecule has 0 aromatic heterocycles. The summed E-state index contributed by atoms with van der Waals surface area (Å²) < 4.78 is 77.2. The van der Waals surface area contributed by atoms with E-state index in [4.69, 9.17) is 0 Å². The Bertz CT molecular complexity index is 790. The Kier molecular flexibility index (Phi) is 5.44. The van der Waals surface area contributed by atoms with Crippen LogP contribution in [-0.2, 0) is 17.1 Å². The van der Waals surface area contributed by atoms with Crippen LogP contribution in [0.5, 0.6) is 0 Å². The average Bonchev–Trinajstić information content (AvgIpc) is 2.54. The molecular formula is C18H13F6NO. The van der Waals surface area contributed by atoms with Gasteiger partial charge in [-0.25, -0.2) is 0 Å². The summed E-state index contributed by atoms with van der Waals surface area (Å²) >= 11 is 0. The second kappa shape index (κ2) is 7.23. The zero-order chi connectivity index (χ0) is 19.5. The first-order valence-corrected chi connectivity index (χ1v) is 7.31. The number of Topliss-reactive ketones (excluding diaryl/α,β-unsaturated/α-hetero) is 1. The van der Waals surface area contributed by atoms with Gasteiger partial charge in [-0.1, -0.05) is 30.3 Å². The molecule has 138 valence electrons. The zero-order valence-electron chi connectivity index (χ0n) is 13.4. The number of anilines is 1. The summed E-state index contributed by atoms with van der Waals surface area (Å²) in [6.45, 7) is 1.24. The van der Waals surface area contributed by atoms with E-state index in [2.05, 4.69) is 5.32 Å². The van der Waals surface area contributed by atoms with Crippen LogP contribution in [0.2, 0.25) is 0 Å². The van der Waals surface area contributed by atoms with Crippen LogP contribution in [0.1, 0.15) is 23.6 Å². The summed E-state index contributed by atoms with van der Waals surface area (Å²) in [7, 11) is 0. The highest BCUT2D eigenvalue weighted by atomic mass is 19.4. The van der Waals surface area contributed by atoms with Gasteiger partial charge in [0.1, 0.15) is 0 Å². The molecule has 0 fully saturated rings. The number of halogens is 6. The molecule has 0 saturated carbocycles. The fraction of sp³-hybridized carbons (Fsp3) is 0.167. The fourth-order valence-electron chi connectivity index (χ4n) is 2.20. The normalized spacial score (nSPS) is 12.8. The predicted molar refractivity (Wildman–Crippen MR) is 85.2 cm³/mol. The predicted octanol–water partition coefficient (Wildman–Crippen LogP) is 5.77. The molecular weight excluding hydrogens is 360 g/mol. The highest BCUT2D eigenvalue weighted by Crippen LogP contribution is 2.37. The number of alkyl halides is 6. The van der Waals surface area contributed by atoms with Gasteiger partial charge in [-0.05, 0) is 30.7 Å². The monoisotopic (exact) mass is 373 g/mol. The van der Waals surface area contributed by atoms with E-state index in [-0.39, 0.29) is 11.6 Å². The van der Waals surface area contributed by atoms with E-state index in [0.717, 1.165) is 6.20 Å². The van der Waals surface area contributed by atoms with Crippen molar-refractivity contribution in [3.63, 3.8) is 0 Å². The van der Waals surface area contributed by atoms with E-state index < -0.39 is 35.0 Å². The Hall–Kier alpha value is -2.77. The maximum absolute atomic E-state index is 12.9. The van der Waals surface area contributed by atoms with Crippen molar-refractivity contribution in [3.05, 3.63) is 71.4 Å². The second-order valence-corrected chi connectivity index (χ2v) is 5.42. The lowest BCUT2D eigenvalue weighted by Crippen LogP contribution is -2.11. The number of carbonyl (C=O) groups excluding carboxylic acids is 1. The number of nitrogens with one attached hydrogen (secondary N) is 1. The largest absolute Gasteiger partial charge is 0.416 e. The van der Waals surface area contributed by atoms with Crippen molar-refractivity contribution >= 4 is 17.0 Å². The van der Waals surface area contributed by atoms with Gasteiger partial charge in [0.05, 0.1) is 11.1 Å². The summed E-state index contributed by atoms with van der Waals surface area (Å²) in [5.41, 5.74) is -2.70. The quantitative estimate of drug-likeness (QED) is 0.545. The van der Waals surface area contributed by atoms with Crippen LogP contribution in [0.25, 0.3) is 5.57 Å². The van der Waals surface area contributed by atoms with Crippen molar-refractivity contribution in [3.8, 4) is 0 Å². The highest BCUT2D eigenvalue weighted by Gasteiger charge is 2.36. The minimum atomic E-state index is -4.94. The van der Waals surface area contributed by atoms with Gasteiger partial charge in [0.25, 0.3) is 0 Å². The smallest absolute Gasteiger partial charge is 0.361 e. The van der Waals surface area contributed by atoms with Crippen LogP contribution in [-0.4, -0.2) is 5.78 Å². The molecule has 0 aliphatic rings. The molecule has 26 heavy (non-hydrogen) atoms. The van der Waals surface area contributed by atoms with Crippen molar-refractivity contribution in [1.82, 2.24) is 0 Å². The SMILES string of the molecule is CC(=O)/C(=C\Nc1cc(C(F)(F)F)cc(C(F)(F)F)c1)c1ccccc1. The lowest BCUT2D eigenvalue weighted by atomic mass is 10.0. The number of ketones is 1. The molecule has 0 bridgehead atoms. The molecule has 0 spiro atoms. The molecule has 0 heterocycles. The number of hydrogen-bond acceptors (Lipinski definition) is 2. The van der Waals surface area contributed by atoms with Gasteiger partial charge in [-0.2, -0.15) is 26.3 Å². The van der Waals surface area contributed by atoms with Gasteiger partial charge in [0.2, 0.25) is 0 Å². The number of rotatable bonds is 4. The van der Waals surface area contributed by atoms with E-state index in [9.17, 15) is 31.1 Å². The van der Waals surface area contributed by atoms with E-state index in [1.54, 1.807) is 30.3 Å². The summed E-state index contributed by atoms with van der Waals surface area (Å²) in [4.78, 5) is 11.7. The van der Waals surface area contributed by atoms with Crippen molar-refractivity contribution in [1.29, 1.82) is 0 Å². The number of carbonyl (C=O) groups is 1. The third kappa shape index (κ3) is 4.87. The fourth-order valence-corrected chi connectivity index (χ4v) is 2.20. The van der Waals surface area contributed by atoms with Gasteiger partial charge in [-0.3, -0.25) is 4.79 Å². The summed E-state index contributed by atoms with van der Waals surface area (Å²) in [5, 5.41) is 2.37. The molecule has 0 aliphatic carbocycles. The Morgan fingerprint density at radius 1 is 0.885 bits per heavy atom. The van der Waals surface area contributed by atoms with Crippen molar-refractivity contribution in [2.45, 2.75) is 19.3 Å². The van der Waals surface area contributed by atoms with E-state index in [0.29, 0.717) is 17.7 Å². The number of allylic oxidation sites excluding steroid dienone is 1. The maximum Gasteiger partial charge on any atom is 0.416 e. The van der Waals surface area contributed by atoms with Crippen LogP contribution in [0.3, 0.4) is 0 Å². The van der Waals surface area contributed by atoms with Gasteiger partial charge < -0.3 is 5.32 Å². The standard InChI is InChI=1S/C18H13F6NO/c1-11(26)16(12-5-3-2-4-6-12)10-25-15-8-13(17(19,20)21)7-14(9-15)18(22,23)24/h2-10,25H,1H3/b16-10+. The maximum atomic E-state index is 12.9. The summed E-state index contributed by atoms with van der Waals surface area (Å²) in [6, 6.07) is 9.35. The molecule has 0 radical (unpaired) electrons. The molecule has 2 aromatic rings. The average molecular weight is 373 g/mol. The van der Waals surface area contributed by atoms with Crippen molar-refractivity contribution in [2.24, 2.45) is 0 Å². The first-order chi connectivity index (χ1) is 12.0. The molecule has 2 rings (SSSR count). The third-order valence-electron chi connectivity index (χ3n) is 3.43. The minimum absolute atomic E-state index is 0.0397. The third-order valence-corrected chi connectivity index (χ3v) is 3.43. The first kappa shape index (κ1) is 19.6. The molecule has 0 aliphatic heterocycles. The molecule has 8 heteroatoms. The number of benzene rings is 2. The first-order valence-electron chi connectivity index (χ1n) is 7.31. The molecule has 0 unspecified atom stereocenters. The van der Waals surface area contributed by atoms with Crippen molar-refractivity contribution in [2.75, 3.05) is 5.32 Å². The lowest BCUT2D eigenvalue weighted by molar-refractivity contribution is -0.143. The van der Waals surface area contributed by atoms with Crippen LogP contribution in [0.4, 0.5) is 32.0 Å². The highest BCUT2D eigenvalue weighted by molar-refractivity contribution is 6.19. The molecule has 2 nitrogen and oxygen atoms in total. The molecule has 0 amide bonds. The van der Waals surface area contributed by atoms with Gasteiger partial charge in [-0.15, -0.1) is 0 Å². The Labute approximate surface area is 145 Å².